The number of benzene rings is 4. The first-order valence-corrected chi connectivity index (χ1v) is 17.9. The van der Waals surface area contributed by atoms with Crippen LogP contribution in [0.1, 0.15) is 107 Å². The minimum atomic E-state index is -0.983. The van der Waals surface area contributed by atoms with Crippen LogP contribution in [0.3, 0.4) is 0 Å². The molecule has 276 valence electrons. The lowest BCUT2D eigenvalue weighted by Gasteiger charge is -2.32. The molecule has 0 aromatic heterocycles. The summed E-state index contributed by atoms with van der Waals surface area (Å²) < 4.78 is 26.8. The standard InChI is InChI=1S/C22H22FNO2.C15H9FO2.C7H15NO/c23-20-7-3-2-6-18(20)11-8-17-9-12-19(13-10-17)21(25)24-16-22(26)14-4-1-5-15-22;16-14-4-2-1-3-12(14)8-5-11-6-9-13(10-7-11)15(17)18;8-6-7(9)4-2-1-3-5-7/h2-3,6-7,9-10,12-13,26H,1,4-5,14-16H2,(H,24,25);1-4,6-7,9-10H,(H,17,18);9H,1-6,8H2. The highest BCUT2D eigenvalue weighted by molar-refractivity contribution is 5.94. The van der Waals surface area contributed by atoms with Crippen molar-refractivity contribution < 1.29 is 33.7 Å². The quantitative estimate of drug-likeness (QED) is 0.139. The summed E-state index contributed by atoms with van der Waals surface area (Å²) in [4.78, 5) is 22.9. The number of rotatable bonds is 5. The molecule has 0 atom stereocenters. The Kier molecular flexibility index (Phi) is 15.3. The number of aromatic carboxylic acids is 1. The second kappa shape index (κ2) is 20.1. The summed E-state index contributed by atoms with van der Waals surface area (Å²) in [6.07, 6.45) is 9.99. The van der Waals surface area contributed by atoms with Crippen LogP contribution in [0.25, 0.3) is 0 Å². The van der Waals surface area contributed by atoms with E-state index in [9.17, 15) is 28.6 Å². The van der Waals surface area contributed by atoms with Gasteiger partial charge in [0.2, 0.25) is 0 Å². The van der Waals surface area contributed by atoms with Crippen molar-refractivity contribution in [2.75, 3.05) is 13.1 Å². The Bertz CT molecular complexity index is 1930. The summed E-state index contributed by atoms with van der Waals surface area (Å²) in [5.74, 6) is 9.27. The van der Waals surface area contributed by atoms with Crippen molar-refractivity contribution >= 4 is 11.9 Å². The first-order chi connectivity index (χ1) is 25.5. The lowest BCUT2D eigenvalue weighted by atomic mass is 9.85. The van der Waals surface area contributed by atoms with Crippen LogP contribution in [-0.4, -0.2) is 51.5 Å². The SMILES string of the molecule is NCC1(O)CCCCC1.O=C(NCC1(O)CCCCC1)c1ccc(C#Cc2ccccc2F)cc1.O=C(O)c1ccc(C#Cc2ccccc2F)cc1. The fraction of sp³-hybridized carbons (Fsp3) is 0.318. The Hall–Kier alpha value is -5.32. The molecule has 0 heterocycles. The maximum atomic E-state index is 13.6. The average molecular weight is 721 g/mol. The number of nitrogens with one attached hydrogen (secondary N) is 1. The third-order valence-electron chi connectivity index (χ3n) is 9.24. The Morgan fingerprint density at radius 1 is 0.604 bits per heavy atom. The van der Waals surface area contributed by atoms with E-state index in [4.69, 9.17) is 10.8 Å². The molecule has 0 spiro atoms. The highest BCUT2D eigenvalue weighted by atomic mass is 19.1. The van der Waals surface area contributed by atoms with Gasteiger partial charge in [-0.25, -0.2) is 13.6 Å². The number of carbonyl (C=O) groups is 2. The number of carboxylic acids is 1. The molecule has 0 radical (unpaired) electrons. The van der Waals surface area contributed by atoms with E-state index in [0.29, 0.717) is 34.4 Å². The number of carbonyl (C=O) groups excluding carboxylic acids is 1. The van der Waals surface area contributed by atoms with Gasteiger partial charge in [-0.2, -0.15) is 0 Å². The molecule has 2 saturated carbocycles. The maximum Gasteiger partial charge on any atom is 0.335 e. The molecule has 1 amide bonds. The van der Waals surface area contributed by atoms with Crippen molar-refractivity contribution in [2.24, 2.45) is 5.73 Å². The van der Waals surface area contributed by atoms with Gasteiger partial charge in [-0.1, -0.05) is 86.5 Å². The van der Waals surface area contributed by atoms with Crippen LogP contribution in [0.4, 0.5) is 8.78 Å². The number of amides is 1. The van der Waals surface area contributed by atoms with Crippen LogP contribution < -0.4 is 11.1 Å². The molecule has 0 aliphatic heterocycles. The molecule has 6 rings (SSSR count). The van der Waals surface area contributed by atoms with Gasteiger partial charge in [0.1, 0.15) is 11.6 Å². The van der Waals surface area contributed by atoms with Gasteiger partial charge in [0, 0.05) is 29.8 Å². The molecule has 53 heavy (non-hydrogen) atoms. The van der Waals surface area contributed by atoms with Gasteiger partial charge >= 0.3 is 5.97 Å². The molecule has 2 aliphatic rings. The van der Waals surface area contributed by atoms with E-state index >= 15 is 0 Å². The van der Waals surface area contributed by atoms with Gasteiger partial charge in [-0.05, 0) is 98.5 Å². The summed E-state index contributed by atoms with van der Waals surface area (Å²) in [5, 5.41) is 31.6. The summed E-state index contributed by atoms with van der Waals surface area (Å²) in [6.45, 7) is 0.716. The Labute approximate surface area is 310 Å². The number of nitrogens with two attached hydrogens (primary N) is 1. The summed E-state index contributed by atoms with van der Waals surface area (Å²) in [6, 6.07) is 25.6. The first kappa shape index (κ1) is 40.5. The Morgan fingerprint density at radius 3 is 1.42 bits per heavy atom. The molecule has 0 bridgehead atoms. The van der Waals surface area contributed by atoms with Gasteiger partial charge in [0.05, 0.1) is 27.9 Å². The predicted octanol–water partition coefficient (Wildman–Crippen LogP) is 7.21. The van der Waals surface area contributed by atoms with Crippen molar-refractivity contribution in [3.8, 4) is 23.7 Å². The molecule has 4 aromatic rings. The third-order valence-corrected chi connectivity index (χ3v) is 9.24. The number of hydrogen-bond acceptors (Lipinski definition) is 5. The van der Waals surface area contributed by atoms with Gasteiger partial charge < -0.3 is 26.4 Å². The van der Waals surface area contributed by atoms with E-state index in [-0.39, 0.29) is 29.6 Å². The zero-order chi connectivity index (χ0) is 38.1. The van der Waals surface area contributed by atoms with Gasteiger partial charge in [0.25, 0.3) is 5.91 Å². The summed E-state index contributed by atoms with van der Waals surface area (Å²) >= 11 is 0. The molecule has 9 heteroatoms. The monoisotopic (exact) mass is 720 g/mol. The van der Waals surface area contributed by atoms with Gasteiger partial charge in [-0.15, -0.1) is 0 Å². The summed E-state index contributed by atoms with van der Waals surface area (Å²) in [5.41, 5.74) is 6.83. The lowest BCUT2D eigenvalue weighted by molar-refractivity contribution is 0.00524. The van der Waals surface area contributed by atoms with Crippen molar-refractivity contribution in [2.45, 2.75) is 75.4 Å². The second-order valence-corrected chi connectivity index (χ2v) is 13.4. The molecule has 6 N–H and O–H groups in total. The molecular weight excluding hydrogens is 674 g/mol. The second-order valence-electron chi connectivity index (χ2n) is 13.4. The number of halogens is 2. The molecule has 2 fully saturated rings. The third kappa shape index (κ3) is 13.3. The van der Waals surface area contributed by atoms with Crippen LogP contribution in [0.5, 0.6) is 0 Å². The van der Waals surface area contributed by atoms with Crippen molar-refractivity contribution in [3.05, 3.63) is 142 Å². The molecule has 0 saturated heterocycles. The predicted molar refractivity (Wildman–Crippen MR) is 202 cm³/mol. The van der Waals surface area contributed by atoms with Crippen LogP contribution in [0.15, 0.2) is 97.1 Å². The number of hydrogen-bond donors (Lipinski definition) is 5. The number of carboxylic acid groups (broad SMARTS) is 1. The zero-order valence-corrected chi connectivity index (χ0v) is 29.7. The van der Waals surface area contributed by atoms with E-state index in [1.807, 2.05) is 0 Å². The van der Waals surface area contributed by atoms with E-state index < -0.39 is 17.2 Å². The van der Waals surface area contributed by atoms with E-state index in [1.54, 1.807) is 72.8 Å². The first-order valence-electron chi connectivity index (χ1n) is 17.9. The van der Waals surface area contributed by atoms with Crippen LogP contribution >= 0.6 is 0 Å². The van der Waals surface area contributed by atoms with Crippen molar-refractivity contribution in [3.63, 3.8) is 0 Å². The normalized spacial score (nSPS) is 15.3. The minimum Gasteiger partial charge on any atom is -0.478 e. The average Bonchev–Trinajstić information content (AvgIpc) is 3.18. The Morgan fingerprint density at radius 2 is 1.02 bits per heavy atom. The molecular formula is C44H46F2N2O5. The maximum absolute atomic E-state index is 13.6. The van der Waals surface area contributed by atoms with Gasteiger partial charge in [0.15, 0.2) is 0 Å². The van der Waals surface area contributed by atoms with E-state index in [2.05, 4.69) is 29.0 Å². The van der Waals surface area contributed by atoms with Gasteiger partial charge in [-0.3, -0.25) is 4.79 Å². The molecule has 4 aromatic carbocycles. The lowest BCUT2D eigenvalue weighted by Crippen LogP contribution is -2.44. The number of aliphatic hydroxyl groups is 2. The van der Waals surface area contributed by atoms with Crippen LogP contribution in [-0.2, 0) is 0 Å². The van der Waals surface area contributed by atoms with E-state index in [0.717, 1.165) is 57.8 Å². The van der Waals surface area contributed by atoms with Crippen LogP contribution in [0.2, 0.25) is 0 Å². The molecule has 2 aliphatic carbocycles. The largest absolute Gasteiger partial charge is 0.478 e. The smallest absolute Gasteiger partial charge is 0.335 e. The van der Waals surface area contributed by atoms with Crippen LogP contribution in [0, 0.1) is 35.3 Å². The molecule has 0 unspecified atom stereocenters. The molecule has 7 nitrogen and oxygen atoms in total. The van der Waals surface area contributed by atoms with Crippen molar-refractivity contribution in [1.82, 2.24) is 5.32 Å². The fourth-order valence-electron chi connectivity index (χ4n) is 5.95. The summed E-state index contributed by atoms with van der Waals surface area (Å²) in [7, 11) is 0. The fourth-order valence-corrected chi connectivity index (χ4v) is 5.95. The van der Waals surface area contributed by atoms with E-state index in [1.165, 1.54) is 30.7 Å². The van der Waals surface area contributed by atoms with Crippen molar-refractivity contribution in [1.29, 1.82) is 0 Å². The minimum absolute atomic E-state index is 0.200. The highest BCUT2D eigenvalue weighted by Gasteiger charge is 2.29. The Balaban J connectivity index is 0.000000200. The highest BCUT2D eigenvalue weighted by Crippen LogP contribution is 2.28. The topological polar surface area (TPSA) is 133 Å². The zero-order valence-electron chi connectivity index (χ0n) is 29.7.